The van der Waals surface area contributed by atoms with Gasteiger partial charge in [0.25, 0.3) is 5.91 Å². The highest BCUT2D eigenvalue weighted by Gasteiger charge is 2.27. The summed E-state index contributed by atoms with van der Waals surface area (Å²) >= 11 is 0. The maximum Gasteiger partial charge on any atom is 0.419 e. The monoisotopic (exact) mass is 471 g/mol. The number of rotatable bonds is 10. The summed E-state index contributed by atoms with van der Waals surface area (Å²) in [7, 11) is 2.12. The number of aryl methyl sites for hydroxylation is 1. The Kier molecular flexibility index (Phi) is 7.83. The number of fused-ring (bicyclic) bond motifs is 2. The third-order valence-electron chi connectivity index (χ3n) is 6.54. The molecule has 0 aliphatic carbocycles. The predicted octanol–water partition coefficient (Wildman–Crippen LogP) is 5.33. The number of primary amides is 1. The minimum atomic E-state index is -0.622. The number of ether oxygens (including phenoxy) is 1. The molecule has 35 heavy (non-hydrogen) atoms. The lowest BCUT2D eigenvalue weighted by molar-refractivity contribution is 0.0999. The molecule has 3 aromatic carbocycles. The molecular weight excluding hydrogens is 438 g/mol. The van der Waals surface area contributed by atoms with Crippen LogP contribution in [-0.4, -0.2) is 43.6 Å². The van der Waals surface area contributed by atoms with Crippen LogP contribution in [0.3, 0.4) is 0 Å². The van der Waals surface area contributed by atoms with Crippen LogP contribution in [0.4, 0.5) is 10.5 Å². The Balaban J connectivity index is 1.39. The molecule has 3 aromatic rings. The Labute approximate surface area is 207 Å². The molecule has 0 saturated heterocycles. The summed E-state index contributed by atoms with van der Waals surface area (Å²) in [5.74, 6) is -0.437. The van der Waals surface area contributed by atoms with Crippen LogP contribution in [0.2, 0.25) is 0 Å². The van der Waals surface area contributed by atoms with Gasteiger partial charge < -0.3 is 15.4 Å². The van der Waals surface area contributed by atoms with E-state index in [2.05, 4.69) is 30.7 Å². The first-order valence-electron chi connectivity index (χ1n) is 12.2. The van der Waals surface area contributed by atoms with E-state index in [9.17, 15) is 9.59 Å². The minimum Gasteiger partial charge on any atom is -0.409 e. The largest absolute Gasteiger partial charge is 0.419 e. The molecule has 0 spiro atoms. The number of nitrogens with zero attached hydrogens (tertiary/aromatic N) is 2. The molecule has 1 aliphatic heterocycles. The van der Waals surface area contributed by atoms with E-state index in [1.807, 2.05) is 36.4 Å². The van der Waals surface area contributed by atoms with Crippen molar-refractivity contribution in [2.45, 2.75) is 32.1 Å². The van der Waals surface area contributed by atoms with E-state index in [0.29, 0.717) is 11.9 Å². The third kappa shape index (κ3) is 5.72. The van der Waals surface area contributed by atoms with Crippen molar-refractivity contribution in [3.63, 3.8) is 0 Å². The van der Waals surface area contributed by atoms with Crippen LogP contribution >= 0.6 is 0 Å². The molecule has 6 heteroatoms. The quantitative estimate of drug-likeness (QED) is 0.320. The van der Waals surface area contributed by atoms with Crippen molar-refractivity contribution in [2.75, 3.05) is 31.6 Å². The van der Waals surface area contributed by atoms with Gasteiger partial charge in [-0.3, -0.25) is 9.69 Å². The van der Waals surface area contributed by atoms with Gasteiger partial charge in [0.15, 0.2) is 0 Å². The van der Waals surface area contributed by atoms with Gasteiger partial charge in [-0.2, -0.15) is 0 Å². The summed E-state index contributed by atoms with van der Waals surface area (Å²) < 4.78 is 5.69. The summed E-state index contributed by atoms with van der Waals surface area (Å²) in [4.78, 5) is 29.1. The smallest absolute Gasteiger partial charge is 0.409 e. The van der Waals surface area contributed by atoms with Gasteiger partial charge in [0.1, 0.15) is 5.75 Å². The molecule has 6 nitrogen and oxygen atoms in total. The molecule has 0 fully saturated rings. The Morgan fingerprint density at radius 2 is 1.94 bits per heavy atom. The number of nitrogens with two attached hydrogens (primary N) is 1. The molecule has 0 aromatic heterocycles. The maximum absolute atomic E-state index is 13.1. The van der Waals surface area contributed by atoms with E-state index >= 15 is 0 Å². The second-order valence-electron chi connectivity index (χ2n) is 9.12. The van der Waals surface area contributed by atoms with Gasteiger partial charge in [0, 0.05) is 13.1 Å². The van der Waals surface area contributed by atoms with E-state index < -0.39 is 12.0 Å². The molecule has 0 bridgehead atoms. The Morgan fingerprint density at radius 1 is 1.11 bits per heavy atom. The van der Waals surface area contributed by atoms with Crippen molar-refractivity contribution in [3.05, 3.63) is 83.9 Å². The number of unbranched alkanes of at least 4 members (excludes halogenated alkanes) is 2. The molecule has 1 heterocycles. The van der Waals surface area contributed by atoms with Gasteiger partial charge in [0.05, 0.1) is 11.3 Å². The first-order valence-corrected chi connectivity index (χ1v) is 12.2. The predicted molar refractivity (Wildman–Crippen MR) is 141 cm³/mol. The third-order valence-corrected chi connectivity index (χ3v) is 6.54. The molecule has 0 radical (unpaired) electrons. The maximum atomic E-state index is 13.1. The van der Waals surface area contributed by atoms with Gasteiger partial charge in [-0.1, -0.05) is 55.0 Å². The second-order valence-corrected chi connectivity index (χ2v) is 9.12. The molecule has 2 amide bonds. The van der Waals surface area contributed by atoms with Crippen LogP contribution in [0.5, 0.6) is 5.75 Å². The number of amides is 2. The molecule has 0 saturated carbocycles. The summed E-state index contributed by atoms with van der Waals surface area (Å²) in [6, 6.07) is 17.2. The summed E-state index contributed by atoms with van der Waals surface area (Å²) in [5, 5.41) is 1.54. The van der Waals surface area contributed by atoms with Crippen molar-refractivity contribution in [3.8, 4) is 5.75 Å². The van der Waals surface area contributed by atoms with Crippen LogP contribution in [-0.2, 0) is 12.8 Å². The van der Waals surface area contributed by atoms with Gasteiger partial charge in [-0.05, 0) is 73.3 Å². The first kappa shape index (κ1) is 24.5. The fourth-order valence-corrected chi connectivity index (χ4v) is 4.74. The van der Waals surface area contributed by atoms with E-state index in [4.69, 9.17) is 10.5 Å². The zero-order chi connectivity index (χ0) is 24.8. The molecular formula is C29H33N3O3. The van der Waals surface area contributed by atoms with Crippen molar-refractivity contribution in [1.82, 2.24) is 4.90 Å². The first-order chi connectivity index (χ1) is 17.0. The molecule has 0 atom stereocenters. The number of likely N-dealkylation sites (N-methyl/N-ethyl adjacent to an activating group) is 1. The minimum absolute atomic E-state index is 0.185. The number of hydrogen-bond acceptors (Lipinski definition) is 4. The highest BCUT2D eigenvalue weighted by atomic mass is 16.6. The van der Waals surface area contributed by atoms with Gasteiger partial charge in [0.2, 0.25) is 0 Å². The molecule has 4 rings (SSSR count). The van der Waals surface area contributed by atoms with Crippen LogP contribution in [0.15, 0.2) is 67.3 Å². The topological polar surface area (TPSA) is 75.9 Å². The van der Waals surface area contributed by atoms with Gasteiger partial charge in [-0.15, -0.1) is 6.58 Å². The standard InChI is InChI=1S/C29H33N3O3/c1-3-17-31(2)18-8-4-5-9-21-12-14-25-23(20-21)16-19-32(25)29(34)35-26-15-13-22-10-6-7-11-24(22)27(26)28(30)33/h3,6-7,10-15,20H,1,4-5,8-9,16-19H2,2H3,(H2,30,33). The molecule has 1 aliphatic rings. The average Bonchev–Trinajstić information content (AvgIpc) is 3.27. The SMILES string of the molecule is C=CCN(C)CCCCCc1ccc2c(c1)CCN2C(=O)Oc1ccc2ccccc2c1C(N)=O. The zero-order valence-corrected chi connectivity index (χ0v) is 20.3. The van der Waals surface area contributed by atoms with Crippen molar-refractivity contribution in [2.24, 2.45) is 5.73 Å². The zero-order valence-electron chi connectivity index (χ0n) is 20.3. The van der Waals surface area contributed by atoms with Crippen LogP contribution in [0, 0.1) is 0 Å². The lowest BCUT2D eigenvalue weighted by atomic mass is 10.0. The highest BCUT2D eigenvalue weighted by molar-refractivity contribution is 6.09. The second kappa shape index (κ2) is 11.2. The number of benzene rings is 3. The van der Waals surface area contributed by atoms with Crippen molar-refractivity contribution >= 4 is 28.5 Å². The average molecular weight is 472 g/mol. The normalized spacial score (nSPS) is 12.7. The molecule has 0 unspecified atom stereocenters. The van der Waals surface area contributed by atoms with Crippen LogP contribution in [0.1, 0.15) is 40.7 Å². The van der Waals surface area contributed by atoms with E-state index in [-0.39, 0.29) is 11.3 Å². The van der Waals surface area contributed by atoms with Crippen LogP contribution in [0.25, 0.3) is 10.8 Å². The van der Waals surface area contributed by atoms with Gasteiger partial charge >= 0.3 is 6.09 Å². The fraction of sp³-hybridized carbons (Fsp3) is 0.310. The Morgan fingerprint density at radius 3 is 2.74 bits per heavy atom. The lowest BCUT2D eigenvalue weighted by Crippen LogP contribution is -2.32. The van der Waals surface area contributed by atoms with E-state index in [1.165, 1.54) is 18.4 Å². The lowest BCUT2D eigenvalue weighted by Gasteiger charge is -2.18. The fourth-order valence-electron chi connectivity index (χ4n) is 4.74. The van der Waals surface area contributed by atoms with E-state index in [1.54, 1.807) is 17.0 Å². The summed E-state index contributed by atoms with van der Waals surface area (Å²) in [6.07, 6.45) is 6.75. The molecule has 182 valence electrons. The number of hydrogen-bond donors (Lipinski definition) is 1. The summed E-state index contributed by atoms with van der Waals surface area (Å²) in [5.41, 5.74) is 9.18. The number of carbonyl (C=O) groups excluding carboxylic acids is 2. The summed E-state index contributed by atoms with van der Waals surface area (Å²) in [6.45, 7) is 6.34. The highest BCUT2D eigenvalue weighted by Crippen LogP contribution is 2.32. The number of anilines is 1. The van der Waals surface area contributed by atoms with Crippen molar-refractivity contribution in [1.29, 1.82) is 0 Å². The van der Waals surface area contributed by atoms with Gasteiger partial charge in [-0.25, -0.2) is 4.79 Å². The Hall–Kier alpha value is -3.64. The van der Waals surface area contributed by atoms with E-state index in [0.717, 1.165) is 49.0 Å². The molecule has 2 N–H and O–H groups in total. The van der Waals surface area contributed by atoms with Crippen LogP contribution < -0.4 is 15.4 Å². The Bertz CT molecular complexity index is 1240. The number of carbonyl (C=O) groups is 2. The van der Waals surface area contributed by atoms with Crippen molar-refractivity contribution < 1.29 is 14.3 Å².